The van der Waals surface area contributed by atoms with E-state index < -0.39 is 0 Å². The molecule has 8 heteroatoms. The summed E-state index contributed by atoms with van der Waals surface area (Å²) in [6.07, 6.45) is 1.88. The number of fused-ring (bicyclic) bond motifs is 1. The number of imidazole rings is 1. The monoisotopic (exact) mass is 356 g/mol. The van der Waals surface area contributed by atoms with Crippen molar-refractivity contribution in [3.05, 3.63) is 40.7 Å². The van der Waals surface area contributed by atoms with Crippen LogP contribution in [0.15, 0.2) is 23.6 Å². The minimum atomic E-state index is -0.0914. The predicted octanol–water partition coefficient (Wildman–Crippen LogP) is 2.96. The Bertz CT molecular complexity index is 917. The van der Waals surface area contributed by atoms with Crippen molar-refractivity contribution in [2.75, 3.05) is 12.3 Å². The van der Waals surface area contributed by atoms with Crippen molar-refractivity contribution in [2.45, 2.75) is 32.4 Å². The number of aromatic nitrogens is 3. The molecule has 1 aliphatic heterocycles. The molecule has 0 aliphatic carbocycles. The van der Waals surface area contributed by atoms with Crippen molar-refractivity contribution in [3.8, 4) is 0 Å². The number of nitrogens with one attached hydrogen (secondary N) is 2. The number of carbonyl (C=O) groups excluding carboxylic acids is 1. The molecule has 0 saturated carbocycles. The molecule has 3 heterocycles. The van der Waals surface area contributed by atoms with Gasteiger partial charge in [0.1, 0.15) is 5.82 Å². The standard InChI is InChI=1S/C17H20N6OS/c1-10-4-2-5-12-14(10)22-15(21-12)13-6-3-7-23(13)17(24)19-8-11-9-25-16(18)20-11/h2,4-5,9,13H,3,6-8H2,1H3,(H2,18,20)(H,19,24)(H,21,22)/t13-/m1/s1. The molecule has 0 radical (unpaired) electrons. The number of urea groups is 1. The Morgan fingerprint density at radius 3 is 3.12 bits per heavy atom. The van der Waals surface area contributed by atoms with Crippen molar-refractivity contribution in [3.63, 3.8) is 0 Å². The zero-order valence-electron chi connectivity index (χ0n) is 14.0. The van der Waals surface area contributed by atoms with E-state index in [9.17, 15) is 4.79 Å². The molecule has 4 N–H and O–H groups in total. The van der Waals surface area contributed by atoms with Gasteiger partial charge < -0.3 is 20.9 Å². The maximum Gasteiger partial charge on any atom is 0.318 e. The molecular formula is C17H20N6OS. The highest BCUT2D eigenvalue weighted by atomic mass is 32.1. The van der Waals surface area contributed by atoms with Gasteiger partial charge >= 0.3 is 6.03 Å². The van der Waals surface area contributed by atoms with E-state index in [1.807, 2.05) is 35.4 Å². The van der Waals surface area contributed by atoms with Crippen molar-refractivity contribution in [2.24, 2.45) is 0 Å². The first-order valence-corrected chi connectivity index (χ1v) is 9.19. The molecule has 1 atom stereocenters. The largest absolute Gasteiger partial charge is 0.375 e. The quantitative estimate of drug-likeness (QED) is 0.672. The maximum atomic E-state index is 12.6. The van der Waals surface area contributed by atoms with Crippen LogP contribution in [-0.4, -0.2) is 32.4 Å². The van der Waals surface area contributed by atoms with Crippen LogP contribution in [0.3, 0.4) is 0 Å². The summed E-state index contributed by atoms with van der Waals surface area (Å²) in [5, 5.41) is 5.31. The number of para-hydroxylation sites is 1. The van der Waals surface area contributed by atoms with E-state index in [0.29, 0.717) is 11.7 Å². The number of benzene rings is 1. The number of rotatable bonds is 3. The van der Waals surface area contributed by atoms with Crippen molar-refractivity contribution >= 4 is 33.5 Å². The number of likely N-dealkylation sites (tertiary alicyclic amines) is 1. The smallest absolute Gasteiger partial charge is 0.318 e. The summed E-state index contributed by atoms with van der Waals surface area (Å²) < 4.78 is 0. The number of H-pyrrole nitrogens is 1. The summed E-state index contributed by atoms with van der Waals surface area (Å²) in [5.41, 5.74) is 9.53. The fourth-order valence-corrected chi connectivity index (χ4v) is 3.88. The highest BCUT2D eigenvalue weighted by molar-refractivity contribution is 7.13. The Kier molecular flexibility index (Phi) is 4.04. The second-order valence-electron chi connectivity index (χ2n) is 6.28. The van der Waals surface area contributed by atoms with Gasteiger partial charge in [0.25, 0.3) is 0 Å². The number of nitrogens with two attached hydrogens (primary N) is 1. The lowest BCUT2D eigenvalue weighted by atomic mass is 10.2. The van der Waals surface area contributed by atoms with E-state index >= 15 is 0 Å². The number of hydrogen-bond acceptors (Lipinski definition) is 5. The van der Waals surface area contributed by atoms with Crippen LogP contribution >= 0.6 is 11.3 Å². The van der Waals surface area contributed by atoms with Crippen molar-refractivity contribution < 1.29 is 4.79 Å². The third kappa shape index (κ3) is 3.05. The molecule has 3 aromatic rings. The molecule has 0 bridgehead atoms. The molecule has 0 spiro atoms. The van der Waals surface area contributed by atoms with E-state index in [4.69, 9.17) is 10.7 Å². The SMILES string of the molecule is Cc1cccc2[nH]c([C@H]3CCCN3C(=O)NCc3csc(N)n3)nc12. The van der Waals surface area contributed by atoms with Crippen LogP contribution in [0.4, 0.5) is 9.93 Å². The van der Waals surface area contributed by atoms with Crippen molar-refractivity contribution in [1.29, 1.82) is 0 Å². The molecule has 2 aromatic heterocycles. The van der Waals surface area contributed by atoms with Gasteiger partial charge in [0.2, 0.25) is 0 Å². The zero-order valence-corrected chi connectivity index (χ0v) is 14.8. The molecule has 0 unspecified atom stereocenters. The van der Waals surface area contributed by atoms with Crippen LogP contribution in [0.5, 0.6) is 0 Å². The Morgan fingerprint density at radius 2 is 2.36 bits per heavy atom. The number of nitrogen functional groups attached to an aromatic ring is 1. The highest BCUT2D eigenvalue weighted by Gasteiger charge is 2.32. The number of thiazole rings is 1. The van der Waals surface area contributed by atoms with Crippen LogP contribution in [0.2, 0.25) is 0 Å². The number of nitrogens with zero attached hydrogens (tertiary/aromatic N) is 3. The number of carbonyl (C=O) groups is 1. The highest BCUT2D eigenvalue weighted by Crippen LogP contribution is 2.31. The van der Waals surface area contributed by atoms with Gasteiger partial charge in [-0.1, -0.05) is 12.1 Å². The first-order valence-electron chi connectivity index (χ1n) is 8.31. The summed E-state index contributed by atoms with van der Waals surface area (Å²) in [6, 6.07) is 5.97. The number of hydrogen-bond donors (Lipinski definition) is 3. The van der Waals surface area contributed by atoms with E-state index in [0.717, 1.165) is 47.5 Å². The van der Waals surface area contributed by atoms with Crippen LogP contribution < -0.4 is 11.1 Å². The second kappa shape index (κ2) is 6.36. The minimum Gasteiger partial charge on any atom is -0.375 e. The summed E-state index contributed by atoms with van der Waals surface area (Å²) in [4.78, 5) is 26.8. The van der Waals surface area contributed by atoms with Crippen LogP contribution in [0.1, 0.15) is 36.0 Å². The van der Waals surface area contributed by atoms with E-state index in [-0.39, 0.29) is 12.1 Å². The van der Waals surface area contributed by atoms with Gasteiger partial charge in [0.05, 0.1) is 29.3 Å². The summed E-state index contributed by atoms with van der Waals surface area (Å²) in [5.74, 6) is 0.856. The lowest BCUT2D eigenvalue weighted by molar-refractivity contribution is 0.190. The average molecular weight is 356 g/mol. The lowest BCUT2D eigenvalue weighted by Crippen LogP contribution is -2.39. The molecule has 2 amide bonds. The molecule has 1 aromatic carbocycles. The van der Waals surface area contributed by atoms with Crippen molar-refractivity contribution in [1.82, 2.24) is 25.2 Å². The Hall–Kier alpha value is -2.61. The number of anilines is 1. The van der Waals surface area contributed by atoms with Gasteiger partial charge in [-0.15, -0.1) is 11.3 Å². The van der Waals surface area contributed by atoms with Gasteiger partial charge in [-0.3, -0.25) is 0 Å². The molecular weight excluding hydrogens is 336 g/mol. The molecule has 1 aliphatic rings. The lowest BCUT2D eigenvalue weighted by Gasteiger charge is -2.23. The number of aromatic amines is 1. The zero-order chi connectivity index (χ0) is 17.4. The van der Waals surface area contributed by atoms with E-state index in [1.165, 1.54) is 11.3 Å². The molecule has 1 saturated heterocycles. The van der Waals surface area contributed by atoms with Gasteiger partial charge in [-0.2, -0.15) is 0 Å². The summed E-state index contributed by atoms with van der Waals surface area (Å²) in [7, 11) is 0. The van der Waals surface area contributed by atoms with Crippen LogP contribution in [-0.2, 0) is 6.54 Å². The molecule has 130 valence electrons. The minimum absolute atomic E-state index is 0.0210. The topological polar surface area (TPSA) is 99.9 Å². The Labute approximate surface area is 149 Å². The summed E-state index contributed by atoms with van der Waals surface area (Å²) in [6.45, 7) is 3.16. The average Bonchev–Trinajstić information content (AvgIpc) is 3.31. The van der Waals surface area contributed by atoms with E-state index in [2.05, 4.69) is 15.3 Å². The molecule has 1 fully saturated rings. The third-order valence-corrected chi connectivity index (χ3v) is 5.27. The van der Waals surface area contributed by atoms with Gasteiger partial charge in [0, 0.05) is 11.9 Å². The number of aryl methyl sites for hydroxylation is 1. The van der Waals surface area contributed by atoms with Gasteiger partial charge in [-0.25, -0.2) is 14.8 Å². The number of amides is 2. The summed E-state index contributed by atoms with van der Waals surface area (Å²) >= 11 is 1.38. The Balaban J connectivity index is 1.50. The fraction of sp³-hybridized carbons (Fsp3) is 0.353. The van der Waals surface area contributed by atoms with Gasteiger partial charge in [-0.05, 0) is 31.4 Å². The maximum absolute atomic E-state index is 12.6. The first-order chi connectivity index (χ1) is 12.1. The first kappa shape index (κ1) is 15.9. The molecule has 7 nitrogen and oxygen atoms in total. The van der Waals surface area contributed by atoms with Crippen LogP contribution in [0.25, 0.3) is 11.0 Å². The van der Waals surface area contributed by atoms with Crippen LogP contribution in [0, 0.1) is 6.92 Å². The Morgan fingerprint density at radius 1 is 1.48 bits per heavy atom. The van der Waals surface area contributed by atoms with Gasteiger partial charge in [0.15, 0.2) is 5.13 Å². The predicted molar refractivity (Wildman–Crippen MR) is 98.3 cm³/mol. The fourth-order valence-electron chi connectivity index (χ4n) is 3.32. The van der Waals surface area contributed by atoms with E-state index in [1.54, 1.807) is 0 Å². The second-order valence-corrected chi connectivity index (χ2v) is 7.17. The molecule has 25 heavy (non-hydrogen) atoms. The third-order valence-electron chi connectivity index (χ3n) is 4.55. The normalized spacial score (nSPS) is 17.3. The molecule has 4 rings (SSSR count).